The Labute approximate surface area is 112 Å². The quantitative estimate of drug-likeness (QED) is 0.840. The van der Waals surface area contributed by atoms with Crippen molar-refractivity contribution in [1.82, 2.24) is 4.90 Å². The highest BCUT2D eigenvalue weighted by Crippen LogP contribution is 2.34. The number of rotatable bonds is 3. The molecule has 1 saturated heterocycles. The number of aliphatic hydroxyl groups is 1. The normalized spacial score (nSPS) is 39.2. The summed E-state index contributed by atoms with van der Waals surface area (Å²) in [6, 6.07) is 0.865. The van der Waals surface area contributed by atoms with Gasteiger partial charge in [-0.25, -0.2) is 0 Å². The van der Waals surface area contributed by atoms with E-state index in [4.69, 9.17) is 4.74 Å². The van der Waals surface area contributed by atoms with Crippen LogP contribution in [0.4, 0.5) is 0 Å². The molecule has 1 aliphatic carbocycles. The summed E-state index contributed by atoms with van der Waals surface area (Å²) in [4.78, 5) is 2.53. The Hall–Kier alpha value is -0.120. The van der Waals surface area contributed by atoms with Gasteiger partial charge in [0.2, 0.25) is 0 Å². The Balaban J connectivity index is 2.03. The van der Waals surface area contributed by atoms with E-state index in [-0.39, 0.29) is 6.10 Å². The molecule has 106 valence electrons. The molecule has 2 fully saturated rings. The summed E-state index contributed by atoms with van der Waals surface area (Å²) in [5.74, 6) is 1.51. The fourth-order valence-electron chi connectivity index (χ4n) is 3.58. The average molecular weight is 255 g/mol. The van der Waals surface area contributed by atoms with Gasteiger partial charge in [0.15, 0.2) is 0 Å². The third-order valence-corrected chi connectivity index (χ3v) is 4.93. The van der Waals surface area contributed by atoms with Crippen molar-refractivity contribution < 1.29 is 9.84 Å². The molecule has 0 radical (unpaired) electrons. The zero-order valence-electron chi connectivity index (χ0n) is 12.1. The Kier molecular flexibility index (Phi) is 5.05. The maximum atomic E-state index is 10.4. The molecule has 2 rings (SSSR count). The molecule has 0 bridgehead atoms. The first-order chi connectivity index (χ1) is 8.63. The van der Waals surface area contributed by atoms with Gasteiger partial charge < -0.3 is 9.84 Å². The lowest BCUT2D eigenvalue weighted by Crippen LogP contribution is -2.56. The van der Waals surface area contributed by atoms with Crippen molar-refractivity contribution in [3.05, 3.63) is 0 Å². The molecule has 1 saturated carbocycles. The van der Waals surface area contributed by atoms with Crippen LogP contribution in [0.1, 0.15) is 46.5 Å². The van der Waals surface area contributed by atoms with E-state index in [9.17, 15) is 5.11 Å². The number of nitrogens with zero attached hydrogens (tertiary/aromatic N) is 1. The van der Waals surface area contributed by atoms with Crippen molar-refractivity contribution in [3.63, 3.8) is 0 Å². The molecule has 1 aliphatic heterocycles. The molecule has 4 unspecified atom stereocenters. The lowest BCUT2D eigenvalue weighted by Gasteiger charge is -2.46. The van der Waals surface area contributed by atoms with E-state index < -0.39 is 0 Å². The molecule has 4 atom stereocenters. The predicted molar refractivity (Wildman–Crippen MR) is 73.6 cm³/mol. The van der Waals surface area contributed by atoms with Crippen molar-refractivity contribution in [2.45, 2.75) is 64.6 Å². The number of hydrogen-bond acceptors (Lipinski definition) is 3. The molecule has 0 aromatic heterocycles. The van der Waals surface area contributed by atoms with Crippen molar-refractivity contribution in [3.8, 4) is 0 Å². The first-order valence-electron chi connectivity index (χ1n) is 7.65. The fourth-order valence-corrected chi connectivity index (χ4v) is 3.58. The van der Waals surface area contributed by atoms with E-state index in [1.807, 2.05) is 0 Å². The van der Waals surface area contributed by atoms with Crippen LogP contribution in [0.2, 0.25) is 0 Å². The number of morpholine rings is 1. The molecule has 1 heterocycles. The van der Waals surface area contributed by atoms with Crippen LogP contribution < -0.4 is 0 Å². The Bertz CT molecular complexity index is 257. The molecule has 3 heteroatoms. The van der Waals surface area contributed by atoms with Gasteiger partial charge in [0, 0.05) is 18.6 Å². The minimum absolute atomic E-state index is 0.132. The van der Waals surface area contributed by atoms with E-state index in [1.54, 1.807) is 0 Å². The van der Waals surface area contributed by atoms with E-state index in [0.717, 1.165) is 50.9 Å². The summed E-state index contributed by atoms with van der Waals surface area (Å²) in [5.41, 5.74) is 0. The van der Waals surface area contributed by atoms with Crippen LogP contribution in [0.25, 0.3) is 0 Å². The van der Waals surface area contributed by atoms with Crippen LogP contribution in [0, 0.1) is 11.8 Å². The van der Waals surface area contributed by atoms with Gasteiger partial charge in [-0.05, 0) is 37.5 Å². The molecule has 0 amide bonds. The molecule has 3 nitrogen and oxygen atoms in total. The highest BCUT2D eigenvalue weighted by atomic mass is 16.5. The largest absolute Gasteiger partial charge is 0.391 e. The average Bonchev–Trinajstić information content (AvgIpc) is 2.39. The van der Waals surface area contributed by atoms with E-state index in [1.165, 1.54) is 6.42 Å². The Morgan fingerprint density at radius 1 is 1.33 bits per heavy atom. The van der Waals surface area contributed by atoms with Gasteiger partial charge in [-0.1, -0.05) is 20.8 Å². The SMILES string of the molecule is CCC1COCCN1C1CC(C(C)C)CCC1O. The number of hydrogen-bond donors (Lipinski definition) is 1. The molecule has 1 N–H and O–H groups in total. The maximum Gasteiger partial charge on any atom is 0.0695 e. The highest BCUT2D eigenvalue weighted by molar-refractivity contribution is 4.91. The van der Waals surface area contributed by atoms with Gasteiger partial charge in [-0.15, -0.1) is 0 Å². The zero-order chi connectivity index (χ0) is 13.1. The lowest BCUT2D eigenvalue weighted by molar-refractivity contribution is -0.0807. The van der Waals surface area contributed by atoms with Gasteiger partial charge in [-0.2, -0.15) is 0 Å². The summed E-state index contributed by atoms with van der Waals surface area (Å²) < 4.78 is 5.58. The number of ether oxygens (including phenoxy) is 1. The van der Waals surface area contributed by atoms with Crippen LogP contribution in [0.5, 0.6) is 0 Å². The minimum Gasteiger partial charge on any atom is -0.391 e. The Morgan fingerprint density at radius 2 is 2.11 bits per heavy atom. The van der Waals surface area contributed by atoms with Crippen LogP contribution in [0.3, 0.4) is 0 Å². The van der Waals surface area contributed by atoms with Gasteiger partial charge >= 0.3 is 0 Å². The Morgan fingerprint density at radius 3 is 2.78 bits per heavy atom. The smallest absolute Gasteiger partial charge is 0.0695 e. The van der Waals surface area contributed by atoms with Gasteiger partial charge in [-0.3, -0.25) is 4.90 Å². The summed E-state index contributed by atoms with van der Waals surface area (Å²) in [6.45, 7) is 9.51. The third-order valence-electron chi connectivity index (χ3n) is 4.93. The maximum absolute atomic E-state index is 10.4. The minimum atomic E-state index is -0.132. The molecule has 0 aromatic carbocycles. The molecule has 2 aliphatic rings. The fraction of sp³-hybridized carbons (Fsp3) is 1.00. The molecule has 0 spiro atoms. The van der Waals surface area contributed by atoms with Crippen LogP contribution in [-0.4, -0.2) is 48.0 Å². The van der Waals surface area contributed by atoms with E-state index in [2.05, 4.69) is 25.7 Å². The number of aliphatic hydroxyl groups excluding tert-OH is 1. The monoisotopic (exact) mass is 255 g/mol. The highest BCUT2D eigenvalue weighted by Gasteiger charge is 2.37. The first kappa shape index (κ1) is 14.3. The zero-order valence-corrected chi connectivity index (χ0v) is 12.1. The second-order valence-electron chi connectivity index (χ2n) is 6.33. The predicted octanol–water partition coefficient (Wildman–Crippen LogP) is 2.28. The molecular weight excluding hydrogens is 226 g/mol. The van der Waals surface area contributed by atoms with Crippen molar-refractivity contribution in [2.75, 3.05) is 19.8 Å². The summed E-state index contributed by atoms with van der Waals surface area (Å²) in [7, 11) is 0. The topological polar surface area (TPSA) is 32.7 Å². The molecule has 18 heavy (non-hydrogen) atoms. The van der Waals surface area contributed by atoms with Gasteiger partial charge in [0.25, 0.3) is 0 Å². The van der Waals surface area contributed by atoms with Crippen LogP contribution >= 0.6 is 0 Å². The second-order valence-corrected chi connectivity index (χ2v) is 6.33. The standard InChI is InChI=1S/C15H29NO2/c1-4-13-10-18-8-7-16(13)14-9-12(11(2)3)5-6-15(14)17/h11-15,17H,4-10H2,1-3H3. The lowest BCUT2D eigenvalue weighted by atomic mass is 9.77. The third kappa shape index (κ3) is 3.06. The van der Waals surface area contributed by atoms with Crippen molar-refractivity contribution in [2.24, 2.45) is 11.8 Å². The van der Waals surface area contributed by atoms with E-state index in [0.29, 0.717) is 12.1 Å². The van der Waals surface area contributed by atoms with Crippen LogP contribution in [-0.2, 0) is 4.74 Å². The van der Waals surface area contributed by atoms with Gasteiger partial charge in [0.05, 0.1) is 19.3 Å². The summed E-state index contributed by atoms with van der Waals surface area (Å²) in [6.07, 6.45) is 4.31. The first-order valence-corrected chi connectivity index (χ1v) is 7.65. The second kappa shape index (κ2) is 6.36. The van der Waals surface area contributed by atoms with Crippen LogP contribution in [0.15, 0.2) is 0 Å². The van der Waals surface area contributed by atoms with E-state index >= 15 is 0 Å². The summed E-state index contributed by atoms with van der Waals surface area (Å²) in [5, 5.41) is 10.4. The molecular formula is C15H29NO2. The molecule has 0 aromatic rings. The van der Waals surface area contributed by atoms with Crippen molar-refractivity contribution >= 4 is 0 Å². The van der Waals surface area contributed by atoms with Crippen molar-refractivity contribution in [1.29, 1.82) is 0 Å². The summed E-state index contributed by atoms with van der Waals surface area (Å²) >= 11 is 0. The van der Waals surface area contributed by atoms with Gasteiger partial charge in [0.1, 0.15) is 0 Å².